The molecule has 0 atom stereocenters. The van der Waals surface area contributed by atoms with Crippen LogP contribution in [0.5, 0.6) is 0 Å². The molecule has 1 aliphatic rings. The Labute approximate surface area is 126 Å². The van der Waals surface area contributed by atoms with E-state index in [2.05, 4.69) is 9.44 Å². The molecule has 1 saturated carbocycles. The van der Waals surface area contributed by atoms with Crippen molar-refractivity contribution in [3.05, 3.63) is 24.3 Å². The molecule has 0 aliphatic heterocycles. The largest absolute Gasteiger partial charge is 0.241 e. The van der Waals surface area contributed by atoms with Gasteiger partial charge in [-0.05, 0) is 57.9 Å². The van der Waals surface area contributed by atoms with Crippen LogP contribution in [0.1, 0.15) is 33.6 Å². The Morgan fingerprint density at radius 2 is 1.33 bits per heavy atom. The van der Waals surface area contributed by atoms with Crippen LogP contribution in [0.2, 0.25) is 0 Å². The molecule has 0 aromatic heterocycles. The molecule has 118 valence electrons. The summed E-state index contributed by atoms with van der Waals surface area (Å²) in [6.07, 6.45) is 1.70. The number of sulfonamides is 2. The lowest BCUT2D eigenvalue weighted by Crippen LogP contribution is -2.40. The first kappa shape index (κ1) is 16.4. The van der Waals surface area contributed by atoms with E-state index in [9.17, 15) is 16.8 Å². The Bertz CT molecular complexity index is 712. The zero-order valence-corrected chi connectivity index (χ0v) is 13.9. The molecule has 1 fully saturated rings. The van der Waals surface area contributed by atoms with E-state index in [1.165, 1.54) is 24.3 Å². The minimum Gasteiger partial charge on any atom is -0.208 e. The van der Waals surface area contributed by atoms with Crippen molar-refractivity contribution in [3.8, 4) is 0 Å². The Morgan fingerprint density at radius 3 is 1.71 bits per heavy atom. The number of hydrogen-bond acceptors (Lipinski definition) is 4. The maximum atomic E-state index is 12.1. The van der Waals surface area contributed by atoms with Crippen molar-refractivity contribution in [2.45, 2.75) is 55.0 Å². The van der Waals surface area contributed by atoms with E-state index in [0.29, 0.717) is 0 Å². The standard InChI is InChI=1S/C13H20N2O4S2/c1-13(2,3)15-21(18,19)12-8-6-11(7-9-12)20(16,17)14-10-4-5-10/h6-10,14-15H,4-5H2,1-3H3. The predicted molar refractivity (Wildman–Crippen MR) is 79.9 cm³/mol. The van der Waals surface area contributed by atoms with E-state index >= 15 is 0 Å². The third-order valence-electron chi connectivity index (χ3n) is 2.78. The number of hydrogen-bond donors (Lipinski definition) is 2. The van der Waals surface area contributed by atoms with Crippen molar-refractivity contribution in [1.29, 1.82) is 0 Å². The van der Waals surface area contributed by atoms with Gasteiger partial charge in [-0.25, -0.2) is 26.3 Å². The summed E-state index contributed by atoms with van der Waals surface area (Å²) in [6.45, 7) is 5.22. The molecule has 1 aromatic rings. The molecule has 0 amide bonds. The van der Waals surface area contributed by atoms with Gasteiger partial charge in [-0.15, -0.1) is 0 Å². The van der Waals surface area contributed by atoms with Gasteiger partial charge in [-0.2, -0.15) is 0 Å². The van der Waals surface area contributed by atoms with Crippen molar-refractivity contribution in [2.75, 3.05) is 0 Å². The lowest BCUT2D eigenvalue weighted by atomic mass is 10.1. The first-order valence-electron chi connectivity index (χ1n) is 6.66. The van der Waals surface area contributed by atoms with Crippen molar-refractivity contribution in [3.63, 3.8) is 0 Å². The molecule has 2 N–H and O–H groups in total. The molecule has 1 aliphatic carbocycles. The Kier molecular flexibility index (Phi) is 4.18. The van der Waals surface area contributed by atoms with Crippen LogP contribution >= 0.6 is 0 Å². The van der Waals surface area contributed by atoms with Crippen LogP contribution in [-0.2, 0) is 20.0 Å². The fraction of sp³-hybridized carbons (Fsp3) is 0.538. The Hall–Kier alpha value is -0.960. The van der Waals surface area contributed by atoms with Crippen molar-refractivity contribution < 1.29 is 16.8 Å². The second kappa shape index (κ2) is 5.35. The third-order valence-corrected chi connectivity index (χ3v) is 6.09. The second-order valence-electron chi connectivity index (χ2n) is 6.22. The monoisotopic (exact) mass is 332 g/mol. The van der Waals surface area contributed by atoms with Crippen molar-refractivity contribution in [2.24, 2.45) is 0 Å². The van der Waals surface area contributed by atoms with Crippen LogP contribution in [0.25, 0.3) is 0 Å². The summed E-state index contributed by atoms with van der Waals surface area (Å²) < 4.78 is 53.3. The topological polar surface area (TPSA) is 92.3 Å². The molecule has 0 bridgehead atoms. The minimum absolute atomic E-state index is 0.0148. The van der Waals surface area contributed by atoms with Gasteiger partial charge in [0.2, 0.25) is 20.0 Å². The highest BCUT2D eigenvalue weighted by Gasteiger charge is 2.28. The summed E-state index contributed by atoms with van der Waals surface area (Å²) in [5.74, 6) is 0. The fourth-order valence-electron chi connectivity index (χ4n) is 1.75. The van der Waals surface area contributed by atoms with Gasteiger partial charge in [0, 0.05) is 11.6 Å². The summed E-state index contributed by atoms with van der Waals surface area (Å²) in [5.41, 5.74) is -0.600. The van der Waals surface area contributed by atoms with Crippen LogP contribution in [0, 0.1) is 0 Å². The number of benzene rings is 1. The second-order valence-corrected chi connectivity index (χ2v) is 9.62. The summed E-state index contributed by atoms with van der Waals surface area (Å²) in [6, 6.07) is 5.23. The highest BCUT2D eigenvalue weighted by molar-refractivity contribution is 7.90. The van der Waals surface area contributed by atoms with E-state index < -0.39 is 25.6 Å². The molecule has 1 aromatic carbocycles. The molecule has 6 nitrogen and oxygen atoms in total. The quantitative estimate of drug-likeness (QED) is 0.847. The van der Waals surface area contributed by atoms with Crippen LogP contribution in [0.15, 0.2) is 34.1 Å². The Balaban J connectivity index is 2.22. The van der Waals surface area contributed by atoms with Gasteiger partial charge in [-0.3, -0.25) is 0 Å². The number of rotatable bonds is 5. The van der Waals surface area contributed by atoms with E-state index in [4.69, 9.17) is 0 Å². The average molecular weight is 332 g/mol. The Morgan fingerprint density at radius 1 is 0.905 bits per heavy atom. The normalized spacial score (nSPS) is 16.9. The van der Waals surface area contributed by atoms with Gasteiger partial charge in [0.1, 0.15) is 0 Å². The maximum absolute atomic E-state index is 12.1. The molecule has 2 rings (SSSR count). The summed E-state index contributed by atoms with van der Waals surface area (Å²) in [5, 5.41) is 0. The molecule has 0 radical (unpaired) electrons. The molecule has 0 saturated heterocycles. The zero-order chi connectivity index (χ0) is 15.9. The lowest BCUT2D eigenvalue weighted by molar-refractivity contribution is 0.491. The zero-order valence-electron chi connectivity index (χ0n) is 12.3. The van der Waals surface area contributed by atoms with E-state index in [-0.39, 0.29) is 15.8 Å². The molecular formula is C13H20N2O4S2. The fourth-order valence-corrected chi connectivity index (χ4v) is 4.47. The van der Waals surface area contributed by atoms with E-state index in [1.807, 2.05) is 0 Å². The summed E-state index contributed by atoms with van der Waals surface area (Å²) in [7, 11) is -7.22. The highest BCUT2D eigenvalue weighted by atomic mass is 32.2. The van der Waals surface area contributed by atoms with Gasteiger partial charge in [0.15, 0.2) is 0 Å². The predicted octanol–water partition coefficient (Wildman–Crippen LogP) is 1.20. The van der Waals surface area contributed by atoms with E-state index in [1.54, 1.807) is 20.8 Å². The first-order chi connectivity index (χ1) is 9.50. The van der Waals surface area contributed by atoms with E-state index in [0.717, 1.165) is 12.8 Å². The lowest BCUT2D eigenvalue weighted by Gasteiger charge is -2.20. The van der Waals surface area contributed by atoms with Gasteiger partial charge in [0.05, 0.1) is 9.79 Å². The summed E-state index contributed by atoms with van der Waals surface area (Å²) >= 11 is 0. The third kappa shape index (κ3) is 4.50. The molecule has 8 heteroatoms. The van der Waals surface area contributed by atoms with Crippen molar-refractivity contribution >= 4 is 20.0 Å². The van der Waals surface area contributed by atoms with Crippen molar-refractivity contribution in [1.82, 2.24) is 9.44 Å². The molecule has 0 spiro atoms. The van der Waals surface area contributed by atoms with Crippen LogP contribution in [0.4, 0.5) is 0 Å². The first-order valence-corrected chi connectivity index (χ1v) is 9.63. The van der Waals surface area contributed by atoms with Gasteiger partial charge >= 0.3 is 0 Å². The smallest absolute Gasteiger partial charge is 0.208 e. The van der Waals surface area contributed by atoms with Crippen LogP contribution in [0.3, 0.4) is 0 Å². The SMILES string of the molecule is CC(C)(C)NS(=O)(=O)c1ccc(S(=O)(=O)NC2CC2)cc1. The van der Waals surface area contributed by atoms with Gasteiger partial charge in [-0.1, -0.05) is 0 Å². The summed E-state index contributed by atoms with van der Waals surface area (Å²) in [4.78, 5) is 0.118. The maximum Gasteiger partial charge on any atom is 0.241 e. The molecular weight excluding hydrogens is 312 g/mol. The minimum atomic E-state index is -3.66. The van der Waals surface area contributed by atoms with Crippen LogP contribution in [-0.4, -0.2) is 28.4 Å². The number of nitrogens with one attached hydrogen (secondary N) is 2. The molecule has 21 heavy (non-hydrogen) atoms. The molecule has 0 unspecified atom stereocenters. The van der Waals surface area contributed by atoms with Crippen LogP contribution < -0.4 is 9.44 Å². The highest BCUT2D eigenvalue weighted by Crippen LogP contribution is 2.23. The average Bonchev–Trinajstić information content (AvgIpc) is 3.09. The van der Waals surface area contributed by atoms with Gasteiger partial charge < -0.3 is 0 Å². The van der Waals surface area contributed by atoms with Gasteiger partial charge in [0.25, 0.3) is 0 Å². The molecule has 0 heterocycles.